The van der Waals surface area contributed by atoms with E-state index < -0.39 is 12.3 Å². The maximum atomic E-state index is 11.4. The summed E-state index contributed by atoms with van der Waals surface area (Å²) >= 11 is 0. The highest BCUT2D eigenvalue weighted by Gasteiger charge is 2.15. The van der Waals surface area contributed by atoms with E-state index in [2.05, 4.69) is 9.97 Å². The molecular weight excluding hydrogens is 212 g/mol. The third kappa shape index (κ3) is 2.98. The molecule has 0 saturated carbocycles. The minimum absolute atomic E-state index is 0.186. The summed E-state index contributed by atoms with van der Waals surface area (Å²) in [6.45, 7) is 2.03. The van der Waals surface area contributed by atoms with Crippen molar-refractivity contribution in [3.8, 4) is 0 Å². The van der Waals surface area contributed by atoms with Gasteiger partial charge in [0.05, 0.1) is 6.61 Å². The predicted octanol–water partition coefficient (Wildman–Crippen LogP) is 0.945. The summed E-state index contributed by atoms with van der Waals surface area (Å²) in [7, 11) is 2.97. The molecule has 0 spiro atoms. The zero-order valence-electron chi connectivity index (χ0n) is 9.47. The van der Waals surface area contributed by atoms with Gasteiger partial charge in [-0.15, -0.1) is 0 Å². The van der Waals surface area contributed by atoms with E-state index in [0.29, 0.717) is 12.3 Å². The Balaban J connectivity index is 2.89. The average Bonchev–Trinajstić information content (AvgIpc) is 2.31. The second-order valence-corrected chi connectivity index (χ2v) is 2.85. The molecule has 16 heavy (non-hydrogen) atoms. The van der Waals surface area contributed by atoms with E-state index in [4.69, 9.17) is 14.2 Å². The van der Waals surface area contributed by atoms with Gasteiger partial charge in [-0.25, -0.2) is 14.8 Å². The molecule has 0 fully saturated rings. The molecule has 0 atom stereocenters. The van der Waals surface area contributed by atoms with E-state index in [-0.39, 0.29) is 5.69 Å². The van der Waals surface area contributed by atoms with Crippen molar-refractivity contribution in [2.24, 2.45) is 0 Å². The standard InChI is InChI=1S/C10H14N2O4/c1-4-16-9(13)7-5-8(12-6-11-7)10(14-2)15-3/h5-6,10H,4H2,1-3H3. The molecule has 0 bridgehead atoms. The van der Waals surface area contributed by atoms with E-state index in [1.807, 2.05) is 0 Å². The number of rotatable bonds is 5. The quantitative estimate of drug-likeness (QED) is 0.549. The number of hydrogen-bond acceptors (Lipinski definition) is 6. The second-order valence-electron chi connectivity index (χ2n) is 2.85. The fraction of sp³-hybridized carbons (Fsp3) is 0.500. The number of nitrogens with zero attached hydrogens (tertiary/aromatic N) is 2. The van der Waals surface area contributed by atoms with Gasteiger partial charge >= 0.3 is 5.97 Å². The Morgan fingerprint density at radius 2 is 2.06 bits per heavy atom. The lowest BCUT2D eigenvalue weighted by Gasteiger charge is -2.12. The van der Waals surface area contributed by atoms with Gasteiger partial charge in [-0.3, -0.25) is 0 Å². The lowest BCUT2D eigenvalue weighted by atomic mass is 10.3. The van der Waals surface area contributed by atoms with Gasteiger partial charge in [-0.05, 0) is 13.0 Å². The Labute approximate surface area is 93.6 Å². The van der Waals surface area contributed by atoms with E-state index in [1.165, 1.54) is 26.6 Å². The first-order chi connectivity index (χ1) is 7.72. The predicted molar refractivity (Wildman–Crippen MR) is 54.7 cm³/mol. The van der Waals surface area contributed by atoms with Crippen LogP contribution in [0, 0.1) is 0 Å². The van der Waals surface area contributed by atoms with Gasteiger partial charge in [0, 0.05) is 14.2 Å². The number of esters is 1. The minimum Gasteiger partial charge on any atom is -0.461 e. The fourth-order valence-corrected chi connectivity index (χ4v) is 1.16. The molecule has 0 radical (unpaired) electrons. The maximum absolute atomic E-state index is 11.4. The number of methoxy groups -OCH3 is 2. The van der Waals surface area contributed by atoms with Crippen LogP contribution in [0.2, 0.25) is 0 Å². The Morgan fingerprint density at radius 1 is 1.38 bits per heavy atom. The topological polar surface area (TPSA) is 70.5 Å². The molecule has 1 rings (SSSR count). The SMILES string of the molecule is CCOC(=O)c1cc(C(OC)OC)ncn1. The van der Waals surface area contributed by atoms with Gasteiger partial charge in [-0.1, -0.05) is 0 Å². The maximum Gasteiger partial charge on any atom is 0.357 e. The minimum atomic E-state index is -0.615. The molecule has 6 nitrogen and oxygen atoms in total. The van der Waals surface area contributed by atoms with Gasteiger partial charge in [0.15, 0.2) is 5.69 Å². The molecule has 1 heterocycles. The Morgan fingerprint density at radius 3 is 2.62 bits per heavy atom. The summed E-state index contributed by atoms with van der Waals surface area (Å²) in [6.07, 6.45) is 0.656. The smallest absolute Gasteiger partial charge is 0.357 e. The summed E-state index contributed by atoms with van der Waals surface area (Å²) in [5.74, 6) is -0.489. The first kappa shape index (κ1) is 12.5. The summed E-state index contributed by atoms with van der Waals surface area (Å²) < 4.78 is 14.9. The zero-order chi connectivity index (χ0) is 12.0. The third-order valence-electron chi connectivity index (χ3n) is 1.84. The van der Waals surface area contributed by atoms with Crippen LogP contribution in [0.1, 0.15) is 29.4 Å². The molecule has 0 aliphatic rings. The lowest BCUT2D eigenvalue weighted by Crippen LogP contribution is -2.11. The fourth-order valence-electron chi connectivity index (χ4n) is 1.16. The summed E-state index contributed by atoms with van der Waals surface area (Å²) in [4.78, 5) is 19.2. The van der Waals surface area contributed by atoms with Crippen LogP contribution < -0.4 is 0 Å². The Hall–Kier alpha value is -1.53. The van der Waals surface area contributed by atoms with Crippen LogP contribution in [0.15, 0.2) is 12.4 Å². The zero-order valence-corrected chi connectivity index (χ0v) is 9.47. The molecule has 0 unspecified atom stereocenters. The lowest BCUT2D eigenvalue weighted by molar-refractivity contribution is -0.108. The highest BCUT2D eigenvalue weighted by Crippen LogP contribution is 2.14. The number of ether oxygens (including phenoxy) is 3. The molecule has 0 aliphatic heterocycles. The number of carbonyl (C=O) groups is 1. The van der Waals surface area contributed by atoms with Crippen molar-refractivity contribution in [1.29, 1.82) is 0 Å². The number of aromatic nitrogens is 2. The van der Waals surface area contributed by atoms with E-state index in [9.17, 15) is 4.79 Å². The van der Waals surface area contributed by atoms with Crippen molar-refractivity contribution in [1.82, 2.24) is 9.97 Å². The molecular formula is C10H14N2O4. The van der Waals surface area contributed by atoms with Crippen molar-refractivity contribution in [2.75, 3.05) is 20.8 Å². The number of hydrogen-bond donors (Lipinski definition) is 0. The molecule has 1 aromatic rings. The van der Waals surface area contributed by atoms with Crippen LogP contribution in [0.4, 0.5) is 0 Å². The van der Waals surface area contributed by atoms with Crippen LogP contribution in [-0.4, -0.2) is 36.8 Å². The number of carbonyl (C=O) groups excluding carboxylic acids is 1. The van der Waals surface area contributed by atoms with E-state index in [0.717, 1.165) is 0 Å². The summed E-state index contributed by atoms with van der Waals surface area (Å²) in [5.41, 5.74) is 0.661. The van der Waals surface area contributed by atoms with Crippen LogP contribution in [-0.2, 0) is 14.2 Å². The van der Waals surface area contributed by atoms with Crippen molar-refractivity contribution < 1.29 is 19.0 Å². The van der Waals surface area contributed by atoms with Crippen LogP contribution in [0.25, 0.3) is 0 Å². The molecule has 6 heteroatoms. The summed E-state index contributed by atoms with van der Waals surface area (Å²) in [6, 6.07) is 1.48. The van der Waals surface area contributed by atoms with Gasteiger partial charge in [0.1, 0.15) is 12.0 Å². The Kier molecular flexibility index (Phi) is 4.81. The first-order valence-electron chi connectivity index (χ1n) is 4.77. The van der Waals surface area contributed by atoms with E-state index >= 15 is 0 Å². The molecule has 88 valence electrons. The van der Waals surface area contributed by atoms with Gasteiger partial charge in [0.2, 0.25) is 6.29 Å². The molecule has 0 saturated heterocycles. The van der Waals surface area contributed by atoms with Crippen molar-refractivity contribution in [3.05, 3.63) is 23.8 Å². The van der Waals surface area contributed by atoms with E-state index in [1.54, 1.807) is 6.92 Å². The van der Waals surface area contributed by atoms with Gasteiger partial charge in [-0.2, -0.15) is 0 Å². The van der Waals surface area contributed by atoms with Crippen LogP contribution in [0.3, 0.4) is 0 Å². The normalized spacial score (nSPS) is 10.5. The monoisotopic (exact) mass is 226 g/mol. The van der Waals surface area contributed by atoms with Crippen LogP contribution in [0.5, 0.6) is 0 Å². The molecule has 1 aromatic heterocycles. The van der Waals surface area contributed by atoms with Crippen molar-refractivity contribution in [3.63, 3.8) is 0 Å². The summed E-state index contributed by atoms with van der Waals surface area (Å²) in [5, 5.41) is 0. The molecule has 0 amide bonds. The second kappa shape index (κ2) is 6.14. The highest BCUT2D eigenvalue weighted by molar-refractivity contribution is 5.87. The third-order valence-corrected chi connectivity index (χ3v) is 1.84. The highest BCUT2D eigenvalue weighted by atomic mass is 16.7. The first-order valence-corrected chi connectivity index (χ1v) is 4.77. The molecule has 0 N–H and O–H groups in total. The van der Waals surface area contributed by atoms with Crippen molar-refractivity contribution >= 4 is 5.97 Å². The van der Waals surface area contributed by atoms with Crippen LogP contribution >= 0.6 is 0 Å². The van der Waals surface area contributed by atoms with Gasteiger partial charge in [0.25, 0.3) is 0 Å². The molecule has 0 aliphatic carbocycles. The van der Waals surface area contributed by atoms with Crippen molar-refractivity contribution in [2.45, 2.75) is 13.2 Å². The van der Waals surface area contributed by atoms with Gasteiger partial charge < -0.3 is 14.2 Å². The largest absolute Gasteiger partial charge is 0.461 e. The average molecular weight is 226 g/mol. The Bertz CT molecular complexity index is 352. The molecule has 0 aromatic carbocycles.